The van der Waals surface area contributed by atoms with Gasteiger partial charge < -0.3 is 14.9 Å². The van der Waals surface area contributed by atoms with Crippen LogP contribution in [-0.2, 0) is 19.1 Å². The van der Waals surface area contributed by atoms with Crippen molar-refractivity contribution in [3.05, 3.63) is 23.8 Å². The summed E-state index contributed by atoms with van der Waals surface area (Å²) in [6.07, 6.45) is 7.56. The molecule has 0 aromatic rings. The molecule has 6 nitrogen and oxygen atoms in total. The fourth-order valence-electron chi connectivity index (χ4n) is 7.37. The molecule has 4 rings (SSSR count). The molecule has 0 amide bonds. The topological polar surface area (TPSA) is 101 Å². The lowest BCUT2D eigenvalue weighted by molar-refractivity contribution is -0.198. The average Bonchev–Trinajstić information content (AvgIpc) is 2.93. The van der Waals surface area contributed by atoms with Crippen LogP contribution < -0.4 is 0 Å². The van der Waals surface area contributed by atoms with Gasteiger partial charge in [-0.1, -0.05) is 25.5 Å². The van der Waals surface area contributed by atoms with Crippen LogP contribution in [0.5, 0.6) is 0 Å². The minimum absolute atomic E-state index is 0.00523. The minimum Gasteiger partial charge on any atom is -0.451 e. The highest BCUT2D eigenvalue weighted by Gasteiger charge is 2.70. The fraction of sp³-hybridized carbons (Fsp3) is 0.696. The first-order chi connectivity index (χ1) is 13.6. The maximum Gasteiger partial charge on any atom is 0.303 e. The highest BCUT2D eigenvalue weighted by atomic mass is 16.6. The molecule has 0 unspecified atom stereocenters. The van der Waals surface area contributed by atoms with E-state index in [0.717, 1.165) is 18.4 Å². The van der Waals surface area contributed by atoms with Gasteiger partial charge in [0.15, 0.2) is 11.4 Å². The SMILES string of the molecule is CC(=O)O[C@]1(C(=O)CO)CC[C@H]2[C@H]3CCC4=CC(=O)C=C[C@@]4(C)[C@@H]3[C@@H](O)C[C@]21C. The molecule has 0 bridgehead atoms. The largest absolute Gasteiger partial charge is 0.451 e. The summed E-state index contributed by atoms with van der Waals surface area (Å²) in [5, 5.41) is 21.0. The number of ketones is 2. The fourth-order valence-corrected chi connectivity index (χ4v) is 7.37. The van der Waals surface area contributed by atoms with E-state index in [-0.39, 0.29) is 29.0 Å². The molecule has 29 heavy (non-hydrogen) atoms. The summed E-state index contributed by atoms with van der Waals surface area (Å²) in [6.45, 7) is 4.63. The van der Waals surface area contributed by atoms with Crippen LogP contribution >= 0.6 is 0 Å². The van der Waals surface area contributed by atoms with E-state index in [1.54, 1.807) is 12.2 Å². The molecule has 4 aliphatic carbocycles. The van der Waals surface area contributed by atoms with Gasteiger partial charge in [-0.15, -0.1) is 0 Å². The van der Waals surface area contributed by atoms with E-state index in [1.807, 2.05) is 13.0 Å². The maximum absolute atomic E-state index is 12.9. The number of Topliss-reactive ketones (excluding diaryl/α,β-unsaturated/α-hetero) is 1. The predicted molar refractivity (Wildman–Crippen MR) is 105 cm³/mol. The highest BCUT2D eigenvalue weighted by molar-refractivity contribution is 6.01. The van der Waals surface area contributed by atoms with Crippen molar-refractivity contribution in [3.63, 3.8) is 0 Å². The summed E-state index contributed by atoms with van der Waals surface area (Å²) in [7, 11) is 0. The molecular weight excluding hydrogens is 372 g/mol. The van der Waals surface area contributed by atoms with Gasteiger partial charge in [0.25, 0.3) is 0 Å². The van der Waals surface area contributed by atoms with Gasteiger partial charge in [0, 0.05) is 23.7 Å². The highest BCUT2D eigenvalue weighted by Crippen LogP contribution is 2.67. The van der Waals surface area contributed by atoms with E-state index in [2.05, 4.69) is 6.92 Å². The Balaban J connectivity index is 1.77. The van der Waals surface area contributed by atoms with E-state index in [0.29, 0.717) is 19.3 Å². The van der Waals surface area contributed by atoms with E-state index in [9.17, 15) is 24.6 Å². The van der Waals surface area contributed by atoms with E-state index >= 15 is 0 Å². The third-order valence-corrected chi connectivity index (χ3v) is 8.53. The molecule has 2 N–H and O–H groups in total. The Morgan fingerprint density at radius 2 is 2.00 bits per heavy atom. The van der Waals surface area contributed by atoms with Crippen molar-refractivity contribution in [1.82, 2.24) is 0 Å². The van der Waals surface area contributed by atoms with Crippen LogP contribution in [0, 0.1) is 28.6 Å². The van der Waals surface area contributed by atoms with Crippen LogP contribution in [0.1, 0.15) is 52.9 Å². The molecule has 7 atom stereocenters. The second-order valence-corrected chi connectivity index (χ2v) is 9.75. The average molecular weight is 402 g/mol. The molecule has 3 fully saturated rings. The van der Waals surface area contributed by atoms with Gasteiger partial charge in [0.1, 0.15) is 6.61 Å². The van der Waals surface area contributed by atoms with E-state index in [4.69, 9.17) is 4.74 Å². The third-order valence-electron chi connectivity index (χ3n) is 8.53. The molecular formula is C23H30O6. The number of ether oxygens (including phenoxy) is 1. The number of hydrogen-bond acceptors (Lipinski definition) is 6. The van der Waals surface area contributed by atoms with Gasteiger partial charge in [-0.25, -0.2) is 0 Å². The first-order valence-electron chi connectivity index (χ1n) is 10.5. The second kappa shape index (κ2) is 6.61. The molecule has 0 heterocycles. The number of esters is 1. The van der Waals surface area contributed by atoms with Gasteiger partial charge in [-0.2, -0.15) is 0 Å². The molecule has 0 saturated heterocycles. The molecule has 3 saturated carbocycles. The minimum atomic E-state index is -1.39. The lowest BCUT2D eigenvalue weighted by Crippen LogP contribution is -2.62. The number of hydrogen-bond donors (Lipinski definition) is 2. The van der Waals surface area contributed by atoms with Crippen molar-refractivity contribution in [2.24, 2.45) is 28.6 Å². The quantitative estimate of drug-likeness (QED) is 0.702. The monoisotopic (exact) mass is 402 g/mol. The first-order valence-corrected chi connectivity index (χ1v) is 10.5. The van der Waals surface area contributed by atoms with Gasteiger partial charge >= 0.3 is 5.97 Å². The van der Waals surface area contributed by atoms with Gasteiger partial charge in [0.2, 0.25) is 5.78 Å². The summed E-state index contributed by atoms with van der Waals surface area (Å²) in [6, 6.07) is 0. The zero-order valence-electron chi connectivity index (χ0n) is 17.3. The Hall–Kier alpha value is -1.79. The Labute approximate surface area is 171 Å². The molecule has 4 aliphatic rings. The third kappa shape index (κ3) is 2.65. The number of fused-ring (bicyclic) bond motifs is 5. The first kappa shape index (κ1) is 20.5. The molecule has 0 aromatic carbocycles. The van der Waals surface area contributed by atoms with Crippen LogP contribution in [0.15, 0.2) is 23.8 Å². The number of aliphatic hydroxyl groups is 2. The maximum atomic E-state index is 12.9. The summed E-state index contributed by atoms with van der Waals surface area (Å²) in [5.74, 6) is -0.839. The molecule has 0 aromatic heterocycles. The number of allylic oxidation sites excluding steroid dienone is 4. The van der Waals surface area contributed by atoms with Crippen molar-refractivity contribution in [2.45, 2.75) is 64.6 Å². The van der Waals surface area contributed by atoms with Crippen molar-refractivity contribution in [2.75, 3.05) is 6.61 Å². The lowest BCUT2D eigenvalue weighted by Gasteiger charge is -2.59. The van der Waals surface area contributed by atoms with Crippen molar-refractivity contribution >= 4 is 17.5 Å². The van der Waals surface area contributed by atoms with Crippen LogP contribution in [0.4, 0.5) is 0 Å². The Bertz CT molecular complexity index is 827. The van der Waals surface area contributed by atoms with Crippen molar-refractivity contribution < 1.29 is 29.3 Å². The number of aliphatic hydroxyl groups excluding tert-OH is 2. The molecule has 6 heteroatoms. The standard InChI is InChI=1S/C23H30O6/c1-13(25)29-23(19(28)12-24)9-7-17-16-5-4-14-10-15(26)6-8-21(14,2)20(16)18(27)11-22(17,23)3/h6,8,10,16-18,20,24,27H,4-5,7,9,11-12H2,1-3H3/t16-,17+,18+,20+,21-,22-,23+/m1/s1. The summed E-state index contributed by atoms with van der Waals surface area (Å²) >= 11 is 0. The van der Waals surface area contributed by atoms with Crippen LogP contribution in [0.25, 0.3) is 0 Å². The predicted octanol–water partition coefficient (Wildman–Crippen LogP) is 2.13. The Morgan fingerprint density at radius 3 is 2.66 bits per heavy atom. The Kier molecular flexibility index (Phi) is 4.67. The number of carbonyl (C=O) groups excluding carboxylic acids is 3. The second-order valence-electron chi connectivity index (χ2n) is 9.75. The van der Waals surface area contributed by atoms with E-state index < -0.39 is 35.5 Å². The molecule has 0 aliphatic heterocycles. The zero-order valence-corrected chi connectivity index (χ0v) is 17.3. The van der Waals surface area contributed by atoms with Gasteiger partial charge in [0.05, 0.1) is 6.10 Å². The Morgan fingerprint density at radius 1 is 1.28 bits per heavy atom. The van der Waals surface area contributed by atoms with E-state index in [1.165, 1.54) is 6.92 Å². The normalized spacial score (nSPS) is 45.7. The summed E-state index contributed by atoms with van der Waals surface area (Å²) in [4.78, 5) is 36.7. The zero-order chi connectivity index (χ0) is 21.2. The number of carbonyl (C=O) groups is 3. The van der Waals surface area contributed by atoms with Crippen LogP contribution in [0.3, 0.4) is 0 Å². The molecule has 0 radical (unpaired) electrons. The van der Waals surface area contributed by atoms with Crippen molar-refractivity contribution in [1.29, 1.82) is 0 Å². The van der Waals surface area contributed by atoms with Gasteiger partial charge in [-0.3, -0.25) is 14.4 Å². The van der Waals surface area contributed by atoms with Crippen LogP contribution in [0.2, 0.25) is 0 Å². The van der Waals surface area contributed by atoms with Crippen LogP contribution in [-0.4, -0.2) is 46.1 Å². The number of rotatable bonds is 3. The lowest BCUT2D eigenvalue weighted by atomic mass is 9.46. The van der Waals surface area contributed by atoms with Crippen molar-refractivity contribution in [3.8, 4) is 0 Å². The summed E-state index contributed by atoms with van der Waals surface area (Å²) in [5.41, 5.74) is -1.43. The molecule has 0 spiro atoms. The summed E-state index contributed by atoms with van der Waals surface area (Å²) < 4.78 is 5.67. The van der Waals surface area contributed by atoms with Gasteiger partial charge in [-0.05, 0) is 56.1 Å². The molecule has 158 valence electrons. The smallest absolute Gasteiger partial charge is 0.303 e.